The highest BCUT2D eigenvalue weighted by molar-refractivity contribution is 5.39. The van der Waals surface area contributed by atoms with Crippen molar-refractivity contribution in [3.05, 3.63) is 29.8 Å². The largest absolute Gasteiger partial charge is 0.399 e. The zero-order valence-corrected chi connectivity index (χ0v) is 11.6. The molecular formula is C15H25N3. The van der Waals surface area contributed by atoms with Crippen LogP contribution in [-0.2, 0) is 6.54 Å². The van der Waals surface area contributed by atoms with Crippen molar-refractivity contribution in [2.45, 2.75) is 19.4 Å². The van der Waals surface area contributed by atoms with E-state index < -0.39 is 0 Å². The summed E-state index contributed by atoms with van der Waals surface area (Å²) in [6.07, 6.45) is 2.72. The van der Waals surface area contributed by atoms with E-state index in [0.29, 0.717) is 0 Å². The van der Waals surface area contributed by atoms with Gasteiger partial charge in [0.1, 0.15) is 0 Å². The topological polar surface area (TPSA) is 32.5 Å². The average Bonchev–Trinajstić information content (AvgIpc) is 2.32. The molecule has 0 aliphatic carbocycles. The van der Waals surface area contributed by atoms with Crippen molar-refractivity contribution in [3.63, 3.8) is 0 Å². The molecule has 0 amide bonds. The molecule has 0 aromatic heterocycles. The molecule has 0 radical (unpaired) electrons. The van der Waals surface area contributed by atoms with Crippen molar-refractivity contribution in [1.82, 2.24) is 9.80 Å². The van der Waals surface area contributed by atoms with Crippen LogP contribution in [0.3, 0.4) is 0 Å². The minimum Gasteiger partial charge on any atom is -0.399 e. The lowest BCUT2D eigenvalue weighted by Gasteiger charge is -2.32. The van der Waals surface area contributed by atoms with Crippen molar-refractivity contribution in [2.75, 3.05) is 39.5 Å². The fraction of sp³-hybridized carbons (Fsp3) is 0.600. The summed E-state index contributed by atoms with van der Waals surface area (Å²) in [7, 11) is 4.44. The van der Waals surface area contributed by atoms with Crippen LogP contribution in [0.4, 0.5) is 5.69 Å². The summed E-state index contributed by atoms with van der Waals surface area (Å²) in [5, 5.41) is 0. The van der Waals surface area contributed by atoms with Crippen LogP contribution in [0.15, 0.2) is 24.3 Å². The Morgan fingerprint density at radius 1 is 1.33 bits per heavy atom. The summed E-state index contributed by atoms with van der Waals surface area (Å²) < 4.78 is 0. The Bertz CT molecular complexity index is 361. The second-order valence-corrected chi connectivity index (χ2v) is 5.71. The van der Waals surface area contributed by atoms with E-state index in [1.807, 2.05) is 12.1 Å². The molecule has 1 aromatic rings. The molecule has 0 saturated carbocycles. The summed E-state index contributed by atoms with van der Waals surface area (Å²) >= 11 is 0. The second kappa shape index (κ2) is 6.21. The van der Waals surface area contributed by atoms with Gasteiger partial charge in [-0.05, 0) is 57.1 Å². The zero-order chi connectivity index (χ0) is 13.0. The standard InChI is InChI=1S/C15H25N3/c1-17-9-3-4-14(11-17)12-18(2)10-13-5-7-15(16)8-6-13/h5-8,14H,3-4,9-12,16H2,1-2H3. The van der Waals surface area contributed by atoms with Gasteiger partial charge in [-0.25, -0.2) is 0 Å². The molecular weight excluding hydrogens is 222 g/mol. The first-order chi connectivity index (χ1) is 8.63. The number of hydrogen-bond donors (Lipinski definition) is 1. The highest BCUT2D eigenvalue weighted by atomic mass is 15.1. The molecule has 1 aliphatic rings. The van der Waals surface area contributed by atoms with Gasteiger partial charge in [0.2, 0.25) is 0 Å². The highest BCUT2D eigenvalue weighted by Gasteiger charge is 2.18. The van der Waals surface area contributed by atoms with Crippen LogP contribution in [-0.4, -0.2) is 43.5 Å². The van der Waals surface area contributed by atoms with Crippen molar-refractivity contribution < 1.29 is 0 Å². The monoisotopic (exact) mass is 247 g/mol. The average molecular weight is 247 g/mol. The fourth-order valence-electron chi connectivity index (χ4n) is 2.86. The van der Waals surface area contributed by atoms with Crippen LogP contribution in [0, 0.1) is 5.92 Å². The molecule has 18 heavy (non-hydrogen) atoms. The van der Waals surface area contributed by atoms with E-state index in [-0.39, 0.29) is 0 Å². The Hall–Kier alpha value is -1.06. The lowest BCUT2D eigenvalue weighted by Crippen LogP contribution is -2.37. The van der Waals surface area contributed by atoms with Crippen molar-refractivity contribution >= 4 is 5.69 Å². The summed E-state index contributed by atoms with van der Waals surface area (Å²) in [6.45, 7) is 4.71. The number of hydrogen-bond acceptors (Lipinski definition) is 3. The number of likely N-dealkylation sites (tertiary alicyclic amines) is 1. The van der Waals surface area contributed by atoms with E-state index in [0.717, 1.165) is 18.2 Å². The predicted molar refractivity (Wildman–Crippen MR) is 77.4 cm³/mol. The van der Waals surface area contributed by atoms with Crippen LogP contribution in [0.2, 0.25) is 0 Å². The SMILES string of the molecule is CN1CCCC(CN(C)Cc2ccc(N)cc2)C1. The number of anilines is 1. The number of piperidine rings is 1. The third kappa shape index (κ3) is 4.00. The predicted octanol–water partition coefficient (Wildman–Crippen LogP) is 2.04. The Morgan fingerprint density at radius 3 is 2.72 bits per heavy atom. The summed E-state index contributed by atoms with van der Waals surface area (Å²) in [5.41, 5.74) is 7.89. The maximum Gasteiger partial charge on any atom is 0.0314 e. The van der Waals surface area contributed by atoms with E-state index in [1.54, 1.807) is 0 Å². The van der Waals surface area contributed by atoms with Gasteiger partial charge in [0, 0.05) is 25.3 Å². The number of benzene rings is 1. The van der Waals surface area contributed by atoms with Gasteiger partial charge in [-0.3, -0.25) is 0 Å². The zero-order valence-electron chi connectivity index (χ0n) is 11.6. The molecule has 1 aliphatic heterocycles. The van der Waals surface area contributed by atoms with Gasteiger partial charge in [0.15, 0.2) is 0 Å². The van der Waals surface area contributed by atoms with E-state index in [2.05, 4.69) is 36.0 Å². The smallest absolute Gasteiger partial charge is 0.0314 e. The normalized spacial score (nSPS) is 21.4. The first kappa shape index (κ1) is 13.4. The van der Waals surface area contributed by atoms with E-state index in [9.17, 15) is 0 Å². The first-order valence-corrected chi connectivity index (χ1v) is 6.85. The van der Waals surface area contributed by atoms with Crippen LogP contribution in [0.25, 0.3) is 0 Å². The van der Waals surface area contributed by atoms with Crippen LogP contribution < -0.4 is 5.73 Å². The van der Waals surface area contributed by atoms with Gasteiger partial charge in [-0.15, -0.1) is 0 Å². The molecule has 1 aromatic carbocycles. The minimum atomic E-state index is 0.822. The van der Waals surface area contributed by atoms with Gasteiger partial charge < -0.3 is 15.5 Å². The quantitative estimate of drug-likeness (QED) is 0.827. The molecule has 2 N–H and O–H groups in total. The third-order valence-electron chi connectivity index (χ3n) is 3.72. The molecule has 1 fully saturated rings. The molecule has 0 spiro atoms. The van der Waals surface area contributed by atoms with Crippen molar-refractivity contribution in [3.8, 4) is 0 Å². The molecule has 2 rings (SSSR count). The van der Waals surface area contributed by atoms with Crippen LogP contribution >= 0.6 is 0 Å². The van der Waals surface area contributed by atoms with Gasteiger partial charge in [-0.2, -0.15) is 0 Å². The second-order valence-electron chi connectivity index (χ2n) is 5.71. The highest BCUT2D eigenvalue weighted by Crippen LogP contribution is 2.17. The van der Waals surface area contributed by atoms with E-state index in [1.165, 1.54) is 38.0 Å². The Morgan fingerprint density at radius 2 is 2.06 bits per heavy atom. The Kier molecular flexibility index (Phi) is 4.61. The maximum absolute atomic E-state index is 5.70. The van der Waals surface area contributed by atoms with Crippen LogP contribution in [0.1, 0.15) is 18.4 Å². The first-order valence-electron chi connectivity index (χ1n) is 6.85. The lowest BCUT2D eigenvalue weighted by molar-refractivity contribution is 0.163. The van der Waals surface area contributed by atoms with Gasteiger partial charge in [-0.1, -0.05) is 12.1 Å². The lowest BCUT2D eigenvalue weighted by atomic mass is 9.98. The number of nitrogen functional groups attached to an aromatic ring is 1. The van der Waals surface area contributed by atoms with Crippen molar-refractivity contribution in [2.24, 2.45) is 5.92 Å². The number of nitrogens with two attached hydrogens (primary N) is 1. The molecule has 3 heteroatoms. The van der Waals surface area contributed by atoms with Gasteiger partial charge >= 0.3 is 0 Å². The van der Waals surface area contributed by atoms with Gasteiger partial charge in [0.05, 0.1) is 0 Å². The summed E-state index contributed by atoms with van der Waals surface area (Å²) in [5.74, 6) is 0.822. The molecule has 1 unspecified atom stereocenters. The number of nitrogens with zero attached hydrogens (tertiary/aromatic N) is 2. The maximum atomic E-state index is 5.70. The summed E-state index contributed by atoms with van der Waals surface area (Å²) in [4.78, 5) is 4.88. The molecule has 1 saturated heterocycles. The summed E-state index contributed by atoms with van der Waals surface area (Å²) in [6, 6.07) is 8.22. The van der Waals surface area contributed by atoms with E-state index in [4.69, 9.17) is 5.73 Å². The van der Waals surface area contributed by atoms with Crippen LogP contribution in [0.5, 0.6) is 0 Å². The van der Waals surface area contributed by atoms with Gasteiger partial charge in [0.25, 0.3) is 0 Å². The van der Waals surface area contributed by atoms with E-state index >= 15 is 0 Å². The number of rotatable bonds is 4. The van der Waals surface area contributed by atoms with Crippen molar-refractivity contribution in [1.29, 1.82) is 0 Å². The molecule has 0 bridgehead atoms. The fourth-order valence-corrected chi connectivity index (χ4v) is 2.86. The molecule has 3 nitrogen and oxygen atoms in total. The minimum absolute atomic E-state index is 0.822. The Labute approximate surface area is 111 Å². The molecule has 1 atom stereocenters. The molecule has 100 valence electrons. The third-order valence-corrected chi connectivity index (χ3v) is 3.72. The molecule has 1 heterocycles. The Balaban J connectivity index is 1.81.